The number of pyridine rings is 1. The van der Waals surface area contributed by atoms with E-state index in [4.69, 9.17) is 15.2 Å². The first-order valence-electron chi connectivity index (χ1n) is 10.0. The number of benzene rings is 1. The summed E-state index contributed by atoms with van der Waals surface area (Å²) in [5.74, 6) is -1.86. The second-order valence-corrected chi connectivity index (χ2v) is 8.16. The normalized spacial score (nSPS) is 15.5. The number of rotatable bonds is 6. The molecule has 9 heteroatoms. The van der Waals surface area contributed by atoms with Gasteiger partial charge in [0.15, 0.2) is 0 Å². The van der Waals surface area contributed by atoms with E-state index in [0.717, 1.165) is 11.3 Å². The lowest BCUT2D eigenvalue weighted by molar-refractivity contribution is -0.139. The first-order valence-corrected chi connectivity index (χ1v) is 11.0. The van der Waals surface area contributed by atoms with E-state index in [0.29, 0.717) is 16.2 Å². The van der Waals surface area contributed by atoms with E-state index in [9.17, 15) is 19.7 Å². The Morgan fingerprint density at radius 1 is 1.27 bits per heavy atom. The van der Waals surface area contributed by atoms with E-state index in [1.807, 2.05) is 26.0 Å². The molecular formula is C24H21FN4O3S. The number of nitrogens with zero attached hydrogens (tertiary/aromatic N) is 3. The standard InChI is InChI=1S/C24H21FN4O3S/c1-4-31-24(30)21-19(12-33-23-17(10-26)13(2)9-14(3)29-23)32-22(28)18(11-27)20(21)15-5-7-16(25)8-6-15/h5-9,20H,4,12,28H2,1-3H3. The van der Waals surface area contributed by atoms with Crippen LogP contribution in [0.4, 0.5) is 4.39 Å². The number of aromatic nitrogens is 1. The molecular weight excluding hydrogens is 443 g/mol. The summed E-state index contributed by atoms with van der Waals surface area (Å²) in [6.45, 7) is 5.42. The van der Waals surface area contributed by atoms with Gasteiger partial charge in [0.1, 0.15) is 34.3 Å². The highest BCUT2D eigenvalue weighted by Gasteiger charge is 2.37. The number of hydrogen-bond acceptors (Lipinski definition) is 8. The molecule has 1 aromatic heterocycles. The maximum Gasteiger partial charge on any atom is 0.338 e. The van der Waals surface area contributed by atoms with Crippen LogP contribution < -0.4 is 5.73 Å². The third kappa shape index (κ3) is 5.00. The Bertz CT molecular complexity index is 1240. The highest BCUT2D eigenvalue weighted by atomic mass is 32.2. The number of thioether (sulfide) groups is 1. The fourth-order valence-corrected chi connectivity index (χ4v) is 4.56. The molecule has 0 aliphatic carbocycles. The predicted octanol–water partition coefficient (Wildman–Crippen LogP) is 4.13. The van der Waals surface area contributed by atoms with E-state index < -0.39 is 17.7 Å². The summed E-state index contributed by atoms with van der Waals surface area (Å²) in [4.78, 5) is 17.4. The van der Waals surface area contributed by atoms with Gasteiger partial charge in [-0.2, -0.15) is 10.5 Å². The molecule has 0 radical (unpaired) electrons. The molecule has 1 unspecified atom stereocenters. The number of nitriles is 2. The molecule has 0 fully saturated rings. The summed E-state index contributed by atoms with van der Waals surface area (Å²) in [6, 6.07) is 11.4. The van der Waals surface area contributed by atoms with E-state index in [1.54, 1.807) is 6.92 Å². The molecule has 1 aliphatic rings. The summed E-state index contributed by atoms with van der Waals surface area (Å²) < 4.78 is 24.5. The van der Waals surface area contributed by atoms with Crippen LogP contribution in [0.25, 0.3) is 0 Å². The smallest absolute Gasteiger partial charge is 0.338 e. The number of aryl methyl sites for hydroxylation is 2. The molecule has 33 heavy (non-hydrogen) atoms. The molecule has 0 saturated carbocycles. The molecule has 0 amide bonds. The van der Waals surface area contributed by atoms with Crippen LogP contribution >= 0.6 is 11.8 Å². The SMILES string of the molecule is CCOC(=O)C1=C(CSc2nc(C)cc(C)c2C#N)OC(N)=C(C#N)C1c1ccc(F)cc1. The van der Waals surface area contributed by atoms with Crippen LogP contribution in [0.2, 0.25) is 0 Å². The van der Waals surface area contributed by atoms with Gasteiger partial charge in [-0.05, 0) is 50.1 Å². The molecule has 2 aromatic rings. The van der Waals surface area contributed by atoms with Crippen LogP contribution in [0.15, 0.2) is 58.1 Å². The summed E-state index contributed by atoms with van der Waals surface area (Å²) >= 11 is 1.21. The van der Waals surface area contributed by atoms with Gasteiger partial charge >= 0.3 is 5.97 Å². The van der Waals surface area contributed by atoms with Crippen molar-refractivity contribution in [2.24, 2.45) is 5.73 Å². The predicted molar refractivity (Wildman–Crippen MR) is 120 cm³/mol. The zero-order valence-corrected chi connectivity index (χ0v) is 19.1. The Kier molecular flexibility index (Phi) is 7.37. The molecule has 1 aromatic carbocycles. The van der Waals surface area contributed by atoms with Gasteiger partial charge in [-0.1, -0.05) is 23.9 Å². The molecule has 1 aliphatic heterocycles. The van der Waals surface area contributed by atoms with Crippen LogP contribution in [0, 0.1) is 42.3 Å². The zero-order chi connectivity index (χ0) is 24.1. The molecule has 2 N–H and O–H groups in total. The number of allylic oxidation sites excluding steroid dienone is 1. The van der Waals surface area contributed by atoms with Crippen molar-refractivity contribution in [3.05, 3.63) is 81.3 Å². The average molecular weight is 465 g/mol. The highest BCUT2D eigenvalue weighted by Crippen LogP contribution is 2.41. The van der Waals surface area contributed by atoms with Gasteiger partial charge in [0.2, 0.25) is 5.88 Å². The fourth-order valence-electron chi connectivity index (χ4n) is 3.52. The Balaban J connectivity index is 2.11. The van der Waals surface area contributed by atoms with Crippen molar-refractivity contribution in [2.45, 2.75) is 31.7 Å². The first kappa shape index (κ1) is 23.8. The van der Waals surface area contributed by atoms with Gasteiger partial charge in [0.25, 0.3) is 0 Å². The Labute approximate surface area is 195 Å². The molecule has 2 heterocycles. The number of carbonyl (C=O) groups is 1. The molecule has 3 rings (SSSR count). The van der Waals surface area contributed by atoms with Gasteiger partial charge in [-0.15, -0.1) is 0 Å². The molecule has 0 bridgehead atoms. The first-order chi connectivity index (χ1) is 15.8. The lowest BCUT2D eigenvalue weighted by Gasteiger charge is -2.28. The van der Waals surface area contributed by atoms with Gasteiger partial charge in [0.05, 0.1) is 29.4 Å². The largest absolute Gasteiger partial charge is 0.463 e. The minimum atomic E-state index is -0.887. The van der Waals surface area contributed by atoms with Crippen molar-refractivity contribution in [3.8, 4) is 12.1 Å². The highest BCUT2D eigenvalue weighted by molar-refractivity contribution is 7.99. The second kappa shape index (κ2) is 10.2. The number of ether oxygens (including phenoxy) is 2. The summed E-state index contributed by atoms with van der Waals surface area (Å²) in [5, 5.41) is 19.8. The van der Waals surface area contributed by atoms with E-state index in [2.05, 4.69) is 11.1 Å². The maximum atomic E-state index is 13.5. The summed E-state index contributed by atoms with van der Waals surface area (Å²) in [5.41, 5.74) is 8.62. The lowest BCUT2D eigenvalue weighted by Crippen LogP contribution is -2.27. The summed E-state index contributed by atoms with van der Waals surface area (Å²) in [7, 11) is 0. The maximum absolute atomic E-state index is 13.5. The summed E-state index contributed by atoms with van der Waals surface area (Å²) in [6.07, 6.45) is 0. The number of esters is 1. The average Bonchev–Trinajstić information content (AvgIpc) is 2.77. The third-order valence-electron chi connectivity index (χ3n) is 4.96. The molecule has 168 valence electrons. The zero-order valence-electron chi connectivity index (χ0n) is 18.3. The van der Waals surface area contributed by atoms with E-state index in [-0.39, 0.29) is 35.1 Å². The van der Waals surface area contributed by atoms with E-state index >= 15 is 0 Å². The fraction of sp³-hybridized carbons (Fsp3) is 0.250. The molecule has 0 saturated heterocycles. The minimum absolute atomic E-state index is 0.0284. The van der Waals surface area contributed by atoms with Crippen LogP contribution in [0.5, 0.6) is 0 Å². The van der Waals surface area contributed by atoms with Crippen molar-refractivity contribution in [2.75, 3.05) is 12.4 Å². The minimum Gasteiger partial charge on any atom is -0.463 e. The second-order valence-electron chi connectivity index (χ2n) is 7.19. The lowest BCUT2D eigenvalue weighted by atomic mass is 9.83. The number of carbonyl (C=O) groups excluding carboxylic acids is 1. The van der Waals surface area contributed by atoms with Gasteiger partial charge in [-0.25, -0.2) is 14.2 Å². The van der Waals surface area contributed by atoms with Crippen LogP contribution in [-0.2, 0) is 14.3 Å². The Morgan fingerprint density at radius 2 is 1.97 bits per heavy atom. The van der Waals surface area contributed by atoms with E-state index in [1.165, 1.54) is 36.0 Å². The number of halogens is 1. The van der Waals surface area contributed by atoms with Crippen molar-refractivity contribution in [1.82, 2.24) is 4.98 Å². The van der Waals surface area contributed by atoms with Crippen molar-refractivity contribution >= 4 is 17.7 Å². The molecule has 0 spiro atoms. The van der Waals surface area contributed by atoms with Crippen LogP contribution in [-0.4, -0.2) is 23.3 Å². The van der Waals surface area contributed by atoms with Crippen LogP contribution in [0.1, 0.15) is 35.2 Å². The van der Waals surface area contributed by atoms with Gasteiger partial charge in [0, 0.05) is 5.69 Å². The quantitative estimate of drug-likeness (QED) is 0.500. The molecule has 7 nitrogen and oxygen atoms in total. The van der Waals surface area contributed by atoms with Crippen LogP contribution in [0.3, 0.4) is 0 Å². The number of nitrogens with two attached hydrogens (primary N) is 1. The van der Waals surface area contributed by atoms with Gasteiger partial charge in [-0.3, -0.25) is 0 Å². The van der Waals surface area contributed by atoms with Crippen molar-refractivity contribution in [3.63, 3.8) is 0 Å². The third-order valence-corrected chi connectivity index (χ3v) is 5.93. The van der Waals surface area contributed by atoms with Crippen molar-refractivity contribution < 1.29 is 18.7 Å². The van der Waals surface area contributed by atoms with Gasteiger partial charge < -0.3 is 15.2 Å². The molecule has 1 atom stereocenters. The Morgan fingerprint density at radius 3 is 2.58 bits per heavy atom. The van der Waals surface area contributed by atoms with Crippen molar-refractivity contribution in [1.29, 1.82) is 10.5 Å². The monoisotopic (exact) mass is 464 g/mol. The Hall–Kier alpha value is -3.82. The topological polar surface area (TPSA) is 122 Å². The number of hydrogen-bond donors (Lipinski definition) is 1.